The topological polar surface area (TPSA) is 93.4 Å². The van der Waals surface area contributed by atoms with Crippen LogP contribution in [0.2, 0.25) is 0 Å². The minimum Gasteiger partial charge on any atom is -0.381 e. The summed E-state index contributed by atoms with van der Waals surface area (Å²) in [7, 11) is 0. The third-order valence-corrected chi connectivity index (χ3v) is 6.26. The van der Waals surface area contributed by atoms with Crippen molar-refractivity contribution in [3.05, 3.63) is 36.0 Å². The molecule has 2 aliphatic heterocycles. The van der Waals surface area contributed by atoms with Crippen molar-refractivity contribution in [3.8, 4) is 11.5 Å². The molecule has 0 saturated carbocycles. The van der Waals surface area contributed by atoms with Crippen LogP contribution in [0.1, 0.15) is 31.4 Å². The normalized spacial score (nSPS) is 17.5. The van der Waals surface area contributed by atoms with Gasteiger partial charge in [-0.2, -0.15) is 14.5 Å². The lowest BCUT2D eigenvalue weighted by Crippen LogP contribution is -2.29. The second-order valence-electron chi connectivity index (χ2n) is 8.52. The maximum atomic E-state index is 5.53. The van der Waals surface area contributed by atoms with Crippen LogP contribution in [0.3, 0.4) is 0 Å². The highest BCUT2D eigenvalue weighted by Gasteiger charge is 2.22. The van der Waals surface area contributed by atoms with E-state index in [9.17, 15) is 0 Å². The Labute approximate surface area is 185 Å². The van der Waals surface area contributed by atoms with Crippen molar-refractivity contribution in [2.75, 3.05) is 36.5 Å². The number of hydrogen-bond donors (Lipinski definition) is 1. The van der Waals surface area contributed by atoms with Gasteiger partial charge in [0.1, 0.15) is 17.3 Å². The predicted molar refractivity (Wildman–Crippen MR) is 123 cm³/mol. The molecular formula is C23H26N8O. The highest BCUT2D eigenvalue weighted by Crippen LogP contribution is 2.27. The maximum absolute atomic E-state index is 5.53. The van der Waals surface area contributed by atoms with E-state index in [-0.39, 0.29) is 0 Å². The molecular weight excluding hydrogens is 404 g/mol. The van der Waals surface area contributed by atoms with E-state index in [1.165, 1.54) is 12.8 Å². The Balaban J connectivity index is 1.46. The number of aromatic nitrogens is 6. The third-order valence-electron chi connectivity index (χ3n) is 6.26. The summed E-state index contributed by atoms with van der Waals surface area (Å²) in [6.45, 7) is 5.55. The van der Waals surface area contributed by atoms with Gasteiger partial charge in [-0.05, 0) is 44.7 Å². The lowest BCUT2D eigenvalue weighted by molar-refractivity contribution is 0.0903. The second kappa shape index (κ2) is 7.98. The lowest BCUT2D eigenvalue weighted by atomic mass is 10.1. The first-order chi connectivity index (χ1) is 15.7. The van der Waals surface area contributed by atoms with Crippen LogP contribution >= 0.6 is 0 Å². The molecule has 1 aromatic carbocycles. The Hall–Kier alpha value is -3.33. The molecule has 2 aliphatic rings. The second-order valence-corrected chi connectivity index (χ2v) is 8.52. The van der Waals surface area contributed by atoms with Crippen molar-refractivity contribution in [1.29, 1.82) is 0 Å². The van der Waals surface area contributed by atoms with E-state index in [2.05, 4.69) is 16.3 Å². The largest absolute Gasteiger partial charge is 0.381 e. The van der Waals surface area contributed by atoms with Gasteiger partial charge in [0.05, 0.1) is 16.7 Å². The summed E-state index contributed by atoms with van der Waals surface area (Å²) in [5.41, 5.74) is 3.19. The Morgan fingerprint density at radius 3 is 2.50 bits per heavy atom. The maximum Gasteiger partial charge on any atom is 0.256 e. The number of aryl methyl sites for hydroxylation is 1. The van der Waals surface area contributed by atoms with E-state index in [1.807, 2.05) is 31.2 Å². The first kappa shape index (κ1) is 19.4. The molecule has 32 heavy (non-hydrogen) atoms. The molecule has 0 unspecified atom stereocenters. The predicted octanol–water partition coefficient (Wildman–Crippen LogP) is 3.23. The van der Waals surface area contributed by atoms with Gasteiger partial charge in [0.2, 0.25) is 5.82 Å². The van der Waals surface area contributed by atoms with Gasteiger partial charge in [-0.1, -0.05) is 12.1 Å². The zero-order chi connectivity index (χ0) is 21.5. The molecule has 2 fully saturated rings. The van der Waals surface area contributed by atoms with Crippen molar-refractivity contribution >= 4 is 28.4 Å². The molecule has 164 valence electrons. The number of rotatable bonds is 4. The molecule has 0 radical (unpaired) electrons. The standard InChI is InChI=1S/C23H26N8O/c1-15-21(26-18-7-3-2-6-17(18)24-15)22-28-23-27-19(30-10-4-5-11-30)14-20(31(23)29-22)25-16-8-12-32-13-9-16/h2-3,6-7,14,16,25H,4-5,8-13H2,1H3. The number of hydrogen-bond acceptors (Lipinski definition) is 8. The van der Waals surface area contributed by atoms with E-state index in [1.54, 1.807) is 4.52 Å². The highest BCUT2D eigenvalue weighted by atomic mass is 16.5. The quantitative estimate of drug-likeness (QED) is 0.527. The smallest absolute Gasteiger partial charge is 0.256 e. The number of ether oxygens (including phenoxy) is 1. The molecule has 1 N–H and O–H groups in total. The van der Waals surface area contributed by atoms with Crippen LogP contribution in [0.25, 0.3) is 28.3 Å². The Bertz CT molecular complexity index is 1270. The molecule has 0 amide bonds. The summed E-state index contributed by atoms with van der Waals surface area (Å²) in [5.74, 6) is 2.98. The van der Waals surface area contributed by atoms with Crippen molar-refractivity contribution in [2.45, 2.75) is 38.6 Å². The molecule has 0 aliphatic carbocycles. The van der Waals surface area contributed by atoms with Crippen LogP contribution in [0.15, 0.2) is 30.3 Å². The minimum absolute atomic E-state index is 0.343. The van der Waals surface area contributed by atoms with Gasteiger partial charge in [0.15, 0.2) is 0 Å². The van der Waals surface area contributed by atoms with Crippen LogP contribution in [0.4, 0.5) is 11.6 Å². The van der Waals surface area contributed by atoms with Gasteiger partial charge in [-0.3, -0.25) is 0 Å². The average Bonchev–Trinajstić information content (AvgIpc) is 3.49. The lowest BCUT2D eigenvalue weighted by Gasteiger charge is -2.25. The van der Waals surface area contributed by atoms with Crippen molar-refractivity contribution in [2.24, 2.45) is 0 Å². The number of fused-ring (bicyclic) bond motifs is 2. The first-order valence-electron chi connectivity index (χ1n) is 11.4. The number of nitrogens with zero attached hydrogens (tertiary/aromatic N) is 7. The molecule has 2 saturated heterocycles. The highest BCUT2D eigenvalue weighted by molar-refractivity contribution is 5.77. The van der Waals surface area contributed by atoms with Gasteiger partial charge >= 0.3 is 0 Å². The Morgan fingerprint density at radius 2 is 1.72 bits per heavy atom. The van der Waals surface area contributed by atoms with Crippen molar-refractivity contribution in [3.63, 3.8) is 0 Å². The van der Waals surface area contributed by atoms with E-state index in [0.717, 1.165) is 67.5 Å². The number of anilines is 2. The third kappa shape index (κ3) is 3.52. The van der Waals surface area contributed by atoms with E-state index < -0.39 is 0 Å². The number of para-hydroxylation sites is 2. The van der Waals surface area contributed by atoms with E-state index in [0.29, 0.717) is 23.3 Å². The van der Waals surface area contributed by atoms with E-state index in [4.69, 9.17) is 29.8 Å². The number of benzene rings is 1. The van der Waals surface area contributed by atoms with Gasteiger partial charge in [-0.25, -0.2) is 9.97 Å². The fourth-order valence-corrected chi connectivity index (χ4v) is 4.52. The van der Waals surface area contributed by atoms with Gasteiger partial charge < -0.3 is 15.0 Å². The van der Waals surface area contributed by atoms with Crippen LogP contribution in [0.5, 0.6) is 0 Å². The number of nitrogens with one attached hydrogen (secondary N) is 1. The Kier molecular flexibility index (Phi) is 4.83. The molecule has 0 spiro atoms. The molecule has 5 heterocycles. The minimum atomic E-state index is 0.343. The fraction of sp³-hybridized carbons (Fsp3) is 0.435. The zero-order valence-corrected chi connectivity index (χ0v) is 18.2. The molecule has 3 aromatic heterocycles. The SMILES string of the molecule is Cc1nc2ccccc2nc1-c1nc2nc(N3CCCC3)cc(NC3CCOCC3)n2n1. The van der Waals surface area contributed by atoms with Gasteiger partial charge in [0.25, 0.3) is 5.78 Å². The van der Waals surface area contributed by atoms with Gasteiger partial charge in [-0.15, -0.1) is 5.10 Å². The van der Waals surface area contributed by atoms with Crippen molar-refractivity contribution in [1.82, 2.24) is 29.5 Å². The molecule has 9 heteroatoms. The molecule has 6 rings (SSSR count). The van der Waals surface area contributed by atoms with Gasteiger partial charge in [0, 0.05) is 38.4 Å². The fourth-order valence-electron chi connectivity index (χ4n) is 4.52. The molecule has 4 aromatic rings. The van der Waals surface area contributed by atoms with E-state index >= 15 is 0 Å². The molecule has 0 bridgehead atoms. The van der Waals surface area contributed by atoms with Crippen molar-refractivity contribution < 1.29 is 4.74 Å². The van der Waals surface area contributed by atoms with Crippen LogP contribution < -0.4 is 10.2 Å². The average molecular weight is 431 g/mol. The monoisotopic (exact) mass is 430 g/mol. The summed E-state index contributed by atoms with van der Waals surface area (Å²) >= 11 is 0. The van der Waals surface area contributed by atoms with Crippen LogP contribution in [-0.4, -0.2) is 61.9 Å². The Morgan fingerprint density at radius 1 is 0.969 bits per heavy atom. The summed E-state index contributed by atoms with van der Waals surface area (Å²) in [5, 5.41) is 8.49. The zero-order valence-electron chi connectivity index (χ0n) is 18.2. The summed E-state index contributed by atoms with van der Waals surface area (Å²) in [6.07, 6.45) is 4.33. The molecule has 0 atom stereocenters. The summed E-state index contributed by atoms with van der Waals surface area (Å²) in [6, 6.07) is 10.3. The molecule has 9 nitrogen and oxygen atoms in total. The van der Waals surface area contributed by atoms with Crippen LogP contribution in [0, 0.1) is 6.92 Å². The summed E-state index contributed by atoms with van der Waals surface area (Å²) < 4.78 is 7.34. The first-order valence-corrected chi connectivity index (χ1v) is 11.4. The van der Waals surface area contributed by atoms with Crippen LogP contribution in [-0.2, 0) is 4.74 Å². The summed E-state index contributed by atoms with van der Waals surface area (Å²) in [4.78, 5) is 21.5.